The van der Waals surface area contributed by atoms with Crippen LogP contribution in [0.15, 0.2) is 133 Å². The van der Waals surface area contributed by atoms with Gasteiger partial charge in [-0.3, -0.25) is 0 Å². The summed E-state index contributed by atoms with van der Waals surface area (Å²) in [6.07, 6.45) is 0. The summed E-state index contributed by atoms with van der Waals surface area (Å²) in [7, 11) is 6.27. The molecule has 0 aromatic heterocycles. The minimum absolute atomic E-state index is 0.462. The minimum Gasteiger partial charge on any atom is -0.117 e. The Labute approximate surface area is 184 Å². The maximum absolute atomic E-state index is 4.76. The predicted octanol–water partition coefficient (Wildman–Crippen LogP) is 7.18. The second kappa shape index (κ2) is 8.69. The summed E-state index contributed by atoms with van der Waals surface area (Å²) >= 11 is 0. The van der Waals surface area contributed by atoms with Crippen LogP contribution < -0.4 is 0 Å². The Morgan fingerprint density at radius 3 is 0.833 bits per heavy atom. The van der Waals surface area contributed by atoms with Crippen LogP contribution in [0.2, 0.25) is 0 Å². The lowest BCUT2D eigenvalue weighted by atomic mass is 9.73. The summed E-state index contributed by atoms with van der Waals surface area (Å²) in [4.78, 5) is 0. The van der Waals surface area contributed by atoms with Crippen molar-refractivity contribution in [3.63, 3.8) is 0 Å². The highest BCUT2D eigenvalue weighted by molar-refractivity contribution is 7.21. The van der Waals surface area contributed by atoms with E-state index in [0.29, 0.717) is 0 Å². The monoisotopic (exact) mass is 424 g/mol. The molecule has 0 radical (unpaired) electrons. The Hall–Kier alpha value is -2.52. The fourth-order valence-electron chi connectivity index (χ4n) is 4.15. The van der Waals surface area contributed by atoms with Gasteiger partial charge in [0, 0.05) is 0 Å². The Balaban J connectivity index is 1.99. The number of rotatable bonds is 6. The van der Waals surface area contributed by atoms with Crippen LogP contribution in [0, 0.1) is 0 Å². The van der Waals surface area contributed by atoms with Crippen LogP contribution in [0.1, 0.15) is 22.3 Å². The van der Waals surface area contributed by atoms with Crippen molar-refractivity contribution in [1.82, 2.24) is 0 Å². The van der Waals surface area contributed by atoms with Gasteiger partial charge in [-0.05, 0) is 27.8 Å². The third-order valence-electron chi connectivity index (χ3n) is 5.87. The second-order valence-electron chi connectivity index (χ2n) is 7.56. The van der Waals surface area contributed by atoms with E-state index in [1.54, 1.807) is 0 Å². The summed E-state index contributed by atoms with van der Waals surface area (Å²) in [5, 5.41) is -0.925. The number of allylic oxidation sites excluding steroid dienone is 1. The zero-order chi connectivity index (χ0) is 21.0. The van der Waals surface area contributed by atoms with E-state index in [4.69, 9.17) is 6.58 Å². The zero-order valence-corrected chi connectivity index (χ0v) is 19.2. The quantitative estimate of drug-likeness (QED) is 0.227. The largest absolute Gasteiger partial charge is 0.117 e. The summed E-state index contributed by atoms with van der Waals surface area (Å²) in [5.74, 6) is 0. The third kappa shape index (κ3) is 3.56. The van der Waals surface area contributed by atoms with Crippen molar-refractivity contribution in [2.45, 2.75) is 10.3 Å². The lowest BCUT2D eigenvalue weighted by molar-refractivity contribution is 0.735. The Morgan fingerprint density at radius 2 is 0.633 bits per heavy atom. The highest BCUT2D eigenvalue weighted by Gasteiger charge is 2.44. The van der Waals surface area contributed by atoms with E-state index >= 15 is 0 Å². The third-order valence-corrected chi connectivity index (χ3v) is 7.90. The molecule has 148 valence electrons. The summed E-state index contributed by atoms with van der Waals surface area (Å²) in [5.41, 5.74) is 5.88. The molecule has 0 bridgehead atoms. The van der Waals surface area contributed by atoms with Gasteiger partial charge in [0.05, 0.1) is 10.3 Å². The number of hydrogen-bond acceptors (Lipinski definition) is 0. The Bertz CT molecular complexity index is 934. The molecule has 0 N–H and O–H groups in total. The van der Waals surface area contributed by atoms with Crippen molar-refractivity contribution in [2.75, 3.05) is 0 Å². The first-order valence-electron chi connectivity index (χ1n) is 10.1. The molecule has 0 aliphatic heterocycles. The van der Waals surface area contributed by atoms with Crippen molar-refractivity contribution in [1.29, 1.82) is 0 Å². The van der Waals surface area contributed by atoms with Gasteiger partial charge in [0.25, 0.3) is 0 Å². The molecule has 2 heteroatoms. The van der Waals surface area contributed by atoms with E-state index in [1.165, 1.54) is 22.3 Å². The minimum atomic E-state index is -0.462. The fourth-order valence-corrected chi connectivity index (χ4v) is 5.54. The van der Waals surface area contributed by atoms with Gasteiger partial charge in [-0.25, -0.2) is 0 Å². The van der Waals surface area contributed by atoms with Crippen molar-refractivity contribution in [3.05, 3.63) is 156 Å². The zero-order valence-electron chi connectivity index (χ0n) is 16.9. The Kier molecular flexibility index (Phi) is 6.01. The van der Waals surface area contributed by atoms with Crippen molar-refractivity contribution < 1.29 is 0 Å². The van der Waals surface area contributed by atoms with Gasteiger partial charge < -0.3 is 0 Å². The van der Waals surface area contributed by atoms with Gasteiger partial charge in [0.1, 0.15) is 0 Å². The van der Waals surface area contributed by atoms with Gasteiger partial charge in [0.15, 0.2) is 0 Å². The van der Waals surface area contributed by atoms with Gasteiger partial charge in [0.2, 0.25) is 0 Å². The van der Waals surface area contributed by atoms with Gasteiger partial charge >= 0.3 is 0 Å². The van der Waals surface area contributed by atoms with E-state index in [-0.39, 0.29) is 0 Å². The highest BCUT2D eigenvalue weighted by Crippen LogP contribution is 2.56. The molecule has 4 aromatic carbocycles. The molecule has 0 amide bonds. The molecular weight excluding hydrogens is 398 g/mol. The van der Waals surface area contributed by atoms with Gasteiger partial charge in [-0.15, -0.1) is 18.5 Å². The van der Waals surface area contributed by atoms with Crippen LogP contribution in [0.5, 0.6) is 0 Å². The summed E-state index contributed by atoms with van der Waals surface area (Å²) in [6.45, 7) is 4.76. The first kappa shape index (κ1) is 20.7. The summed E-state index contributed by atoms with van der Waals surface area (Å²) < 4.78 is 0. The van der Waals surface area contributed by atoms with Crippen LogP contribution >= 0.6 is 18.5 Å². The predicted molar refractivity (Wildman–Crippen MR) is 136 cm³/mol. The van der Waals surface area contributed by atoms with Crippen LogP contribution in [-0.4, -0.2) is 0 Å². The second-order valence-corrected chi connectivity index (χ2v) is 9.29. The van der Waals surface area contributed by atoms with Crippen LogP contribution in [0.25, 0.3) is 0 Å². The molecule has 4 aromatic rings. The molecule has 4 rings (SSSR count). The molecule has 0 saturated heterocycles. The first-order valence-corrected chi connectivity index (χ1v) is 11.2. The number of benzene rings is 4. The normalized spacial score (nSPS) is 11.8. The van der Waals surface area contributed by atoms with Gasteiger partial charge in [-0.1, -0.05) is 128 Å². The SMILES string of the molecule is C=C(C(P)(c1ccccc1)c1ccccc1)C(P)(c1ccccc1)c1ccccc1. The standard InChI is InChI=1S/C28H26P2/c1-22(27(29,23-14-6-2-7-15-23)24-16-8-3-9-17-24)28(30,25-18-10-4-11-19-25)26-20-12-5-13-21-26/h2-21H,1,29-30H2. The first-order chi connectivity index (χ1) is 14.6. The van der Waals surface area contributed by atoms with E-state index in [1.807, 2.05) is 0 Å². The molecular formula is C28H26P2. The molecule has 0 saturated carbocycles. The molecule has 0 nitrogen and oxygen atoms in total. The average molecular weight is 424 g/mol. The van der Waals surface area contributed by atoms with E-state index in [0.717, 1.165) is 5.57 Å². The molecule has 2 atom stereocenters. The molecule has 30 heavy (non-hydrogen) atoms. The summed E-state index contributed by atoms with van der Waals surface area (Å²) in [6, 6.07) is 42.5. The van der Waals surface area contributed by atoms with E-state index in [2.05, 4.69) is 140 Å². The highest BCUT2D eigenvalue weighted by atomic mass is 31.0. The smallest absolute Gasteiger partial charge is 0.0564 e. The van der Waals surface area contributed by atoms with Crippen LogP contribution in [0.4, 0.5) is 0 Å². The maximum atomic E-state index is 4.76. The van der Waals surface area contributed by atoms with Crippen molar-refractivity contribution in [3.8, 4) is 0 Å². The lowest BCUT2D eigenvalue weighted by Crippen LogP contribution is -2.35. The average Bonchev–Trinajstić information content (AvgIpc) is 2.84. The Morgan fingerprint density at radius 1 is 0.433 bits per heavy atom. The fraction of sp³-hybridized carbons (Fsp3) is 0.0714. The molecule has 0 aliphatic carbocycles. The van der Waals surface area contributed by atoms with Crippen LogP contribution in [-0.2, 0) is 10.3 Å². The van der Waals surface area contributed by atoms with Crippen molar-refractivity contribution in [2.24, 2.45) is 0 Å². The molecule has 0 aliphatic rings. The van der Waals surface area contributed by atoms with Crippen molar-refractivity contribution >= 4 is 18.5 Å². The molecule has 0 spiro atoms. The maximum Gasteiger partial charge on any atom is 0.0564 e. The topological polar surface area (TPSA) is 0 Å². The molecule has 0 fully saturated rings. The van der Waals surface area contributed by atoms with Crippen LogP contribution in [0.3, 0.4) is 0 Å². The molecule has 2 unspecified atom stereocenters. The molecule has 0 heterocycles. The van der Waals surface area contributed by atoms with E-state index in [9.17, 15) is 0 Å². The van der Waals surface area contributed by atoms with E-state index < -0.39 is 10.3 Å². The van der Waals surface area contributed by atoms with Gasteiger partial charge in [-0.2, -0.15) is 0 Å². The number of hydrogen-bond donors (Lipinski definition) is 0. The lowest BCUT2D eigenvalue weighted by Gasteiger charge is -2.44.